The Hall–Kier alpha value is -0.670. The molecule has 4 heteroatoms. The summed E-state index contributed by atoms with van der Waals surface area (Å²) in [6.07, 6.45) is 0.834. The molecule has 2 nitrogen and oxygen atoms in total. The fourth-order valence-corrected chi connectivity index (χ4v) is 2.66. The van der Waals surface area contributed by atoms with Crippen LogP contribution >= 0.6 is 0 Å². The summed E-state index contributed by atoms with van der Waals surface area (Å²) in [6.45, 7) is 0. The number of fused-ring (bicyclic) bond motifs is 2. The van der Waals surface area contributed by atoms with Crippen molar-refractivity contribution in [1.29, 1.82) is 0 Å². The zero-order valence-corrected chi connectivity index (χ0v) is 6.46. The van der Waals surface area contributed by atoms with E-state index >= 15 is 0 Å². The SMILES string of the molecule is O=C(O)[C@H]1C2CC[C@H]1CC2(F)F. The predicted octanol–water partition coefficient (Wildman–Crippen LogP) is 1.75. The van der Waals surface area contributed by atoms with Crippen LogP contribution in [0.15, 0.2) is 0 Å². The molecule has 2 aliphatic rings. The molecule has 0 radical (unpaired) electrons. The summed E-state index contributed by atoms with van der Waals surface area (Å²) in [4.78, 5) is 10.6. The number of rotatable bonds is 1. The fourth-order valence-electron chi connectivity index (χ4n) is 2.66. The van der Waals surface area contributed by atoms with E-state index in [-0.39, 0.29) is 12.3 Å². The Balaban J connectivity index is 2.26. The van der Waals surface area contributed by atoms with E-state index in [0.29, 0.717) is 12.8 Å². The first-order chi connectivity index (χ1) is 5.52. The number of carboxylic acids is 1. The van der Waals surface area contributed by atoms with Gasteiger partial charge in [0.25, 0.3) is 5.92 Å². The van der Waals surface area contributed by atoms with Crippen molar-refractivity contribution in [3.05, 3.63) is 0 Å². The Labute approximate surface area is 68.6 Å². The van der Waals surface area contributed by atoms with Gasteiger partial charge < -0.3 is 5.11 Å². The van der Waals surface area contributed by atoms with Crippen LogP contribution in [0, 0.1) is 17.8 Å². The van der Waals surface area contributed by atoms with Crippen LogP contribution in [0.25, 0.3) is 0 Å². The van der Waals surface area contributed by atoms with Gasteiger partial charge >= 0.3 is 5.97 Å². The van der Waals surface area contributed by atoms with Crippen molar-refractivity contribution in [3.8, 4) is 0 Å². The molecule has 0 aromatic heterocycles. The van der Waals surface area contributed by atoms with Crippen LogP contribution in [0.3, 0.4) is 0 Å². The van der Waals surface area contributed by atoms with Crippen molar-refractivity contribution >= 4 is 5.97 Å². The summed E-state index contributed by atoms with van der Waals surface area (Å²) < 4.78 is 26.0. The zero-order chi connectivity index (χ0) is 8.93. The van der Waals surface area contributed by atoms with E-state index in [1.165, 1.54) is 0 Å². The normalized spacial score (nSPS) is 43.3. The number of hydrogen-bond donors (Lipinski definition) is 1. The molecule has 68 valence electrons. The fraction of sp³-hybridized carbons (Fsp3) is 0.875. The Morgan fingerprint density at radius 1 is 1.42 bits per heavy atom. The molecular formula is C8H10F2O2. The van der Waals surface area contributed by atoms with Crippen molar-refractivity contribution in [2.45, 2.75) is 25.2 Å². The molecule has 2 aliphatic carbocycles. The van der Waals surface area contributed by atoms with Crippen LogP contribution in [0.4, 0.5) is 8.78 Å². The van der Waals surface area contributed by atoms with Crippen molar-refractivity contribution in [2.24, 2.45) is 17.8 Å². The molecule has 12 heavy (non-hydrogen) atoms. The maximum absolute atomic E-state index is 13.0. The molecule has 2 rings (SSSR count). The van der Waals surface area contributed by atoms with E-state index in [4.69, 9.17) is 5.11 Å². The molecule has 0 aromatic carbocycles. The van der Waals surface area contributed by atoms with Crippen LogP contribution in [0.5, 0.6) is 0 Å². The monoisotopic (exact) mass is 176 g/mol. The van der Waals surface area contributed by atoms with E-state index in [0.717, 1.165) is 0 Å². The summed E-state index contributed by atoms with van der Waals surface area (Å²) in [5.74, 6) is -5.70. The van der Waals surface area contributed by atoms with Crippen LogP contribution in [0.1, 0.15) is 19.3 Å². The first-order valence-corrected chi connectivity index (χ1v) is 4.13. The predicted molar refractivity (Wildman–Crippen MR) is 36.9 cm³/mol. The molecule has 0 saturated heterocycles. The van der Waals surface area contributed by atoms with E-state index in [1.807, 2.05) is 0 Å². The number of alkyl halides is 2. The van der Waals surface area contributed by atoms with Gasteiger partial charge in [-0.3, -0.25) is 4.79 Å². The molecule has 0 aliphatic heterocycles. The highest BCUT2D eigenvalue weighted by molar-refractivity contribution is 5.72. The molecule has 2 bridgehead atoms. The van der Waals surface area contributed by atoms with Crippen molar-refractivity contribution < 1.29 is 18.7 Å². The Bertz CT molecular complexity index is 227. The first kappa shape index (κ1) is 7.95. The Kier molecular flexibility index (Phi) is 1.44. The number of carbonyl (C=O) groups is 1. The second kappa shape index (κ2) is 2.18. The zero-order valence-electron chi connectivity index (χ0n) is 6.46. The highest BCUT2D eigenvalue weighted by atomic mass is 19.3. The lowest BCUT2D eigenvalue weighted by atomic mass is 9.96. The van der Waals surface area contributed by atoms with Gasteiger partial charge in [0.1, 0.15) is 0 Å². The lowest BCUT2D eigenvalue weighted by Gasteiger charge is -2.20. The van der Waals surface area contributed by atoms with Gasteiger partial charge in [0.2, 0.25) is 0 Å². The average Bonchev–Trinajstić information content (AvgIpc) is 2.38. The molecule has 2 fully saturated rings. The third-order valence-corrected chi connectivity index (χ3v) is 3.15. The minimum atomic E-state index is -2.72. The van der Waals surface area contributed by atoms with Gasteiger partial charge in [0.05, 0.1) is 5.92 Å². The van der Waals surface area contributed by atoms with Gasteiger partial charge in [-0.25, -0.2) is 8.78 Å². The number of carboxylic acid groups (broad SMARTS) is 1. The van der Waals surface area contributed by atoms with Crippen molar-refractivity contribution in [1.82, 2.24) is 0 Å². The number of aliphatic carboxylic acids is 1. The average molecular weight is 176 g/mol. The highest BCUT2D eigenvalue weighted by Gasteiger charge is 2.61. The van der Waals surface area contributed by atoms with E-state index in [1.54, 1.807) is 0 Å². The molecule has 0 amide bonds. The van der Waals surface area contributed by atoms with Gasteiger partial charge in [-0.15, -0.1) is 0 Å². The summed E-state index contributed by atoms with van der Waals surface area (Å²) >= 11 is 0. The van der Waals surface area contributed by atoms with Crippen molar-refractivity contribution in [2.75, 3.05) is 0 Å². The molecule has 2 saturated carbocycles. The maximum Gasteiger partial charge on any atom is 0.307 e. The van der Waals surface area contributed by atoms with Crippen LogP contribution in [0.2, 0.25) is 0 Å². The largest absolute Gasteiger partial charge is 0.481 e. The van der Waals surface area contributed by atoms with E-state index in [9.17, 15) is 13.6 Å². The Morgan fingerprint density at radius 2 is 2.08 bits per heavy atom. The standard InChI is InChI=1S/C8H10F2O2/c9-8(10)3-4-1-2-5(8)6(4)7(11)12/h4-6H,1-3H2,(H,11,12)/t4-,5?,6+/m0/s1. The van der Waals surface area contributed by atoms with Crippen LogP contribution in [-0.2, 0) is 4.79 Å². The molecule has 3 atom stereocenters. The third kappa shape index (κ3) is 0.867. The highest BCUT2D eigenvalue weighted by Crippen LogP contribution is 2.57. The van der Waals surface area contributed by atoms with Crippen LogP contribution in [-0.4, -0.2) is 17.0 Å². The van der Waals surface area contributed by atoms with E-state index < -0.39 is 23.7 Å². The summed E-state index contributed by atoms with van der Waals surface area (Å²) in [6, 6.07) is 0. The number of halogens is 2. The van der Waals surface area contributed by atoms with Gasteiger partial charge in [0, 0.05) is 12.3 Å². The third-order valence-electron chi connectivity index (χ3n) is 3.15. The quantitative estimate of drug-likeness (QED) is 0.660. The molecule has 1 unspecified atom stereocenters. The minimum absolute atomic E-state index is 0.214. The van der Waals surface area contributed by atoms with Gasteiger partial charge in [-0.05, 0) is 18.8 Å². The summed E-state index contributed by atoms with van der Waals surface area (Å²) in [5, 5.41) is 8.69. The minimum Gasteiger partial charge on any atom is -0.481 e. The van der Waals surface area contributed by atoms with Crippen molar-refractivity contribution in [3.63, 3.8) is 0 Å². The van der Waals surface area contributed by atoms with Crippen LogP contribution < -0.4 is 0 Å². The Morgan fingerprint density at radius 3 is 2.33 bits per heavy atom. The van der Waals surface area contributed by atoms with E-state index in [2.05, 4.69) is 0 Å². The van der Waals surface area contributed by atoms with Gasteiger partial charge in [0.15, 0.2) is 0 Å². The molecule has 0 heterocycles. The molecule has 0 aromatic rings. The van der Waals surface area contributed by atoms with Gasteiger partial charge in [-0.2, -0.15) is 0 Å². The first-order valence-electron chi connectivity index (χ1n) is 4.13. The second-order valence-electron chi connectivity index (χ2n) is 3.77. The molecule has 1 N–H and O–H groups in total. The lowest BCUT2D eigenvalue weighted by Crippen LogP contribution is -2.27. The maximum atomic E-state index is 13.0. The summed E-state index contributed by atoms with van der Waals surface area (Å²) in [5.41, 5.74) is 0. The smallest absolute Gasteiger partial charge is 0.307 e. The molecule has 0 spiro atoms. The summed E-state index contributed by atoms with van der Waals surface area (Å²) in [7, 11) is 0. The second-order valence-corrected chi connectivity index (χ2v) is 3.77. The topological polar surface area (TPSA) is 37.3 Å². The number of hydrogen-bond acceptors (Lipinski definition) is 1. The lowest BCUT2D eigenvalue weighted by molar-refractivity contribution is -0.145. The van der Waals surface area contributed by atoms with Gasteiger partial charge in [-0.1, -0.05) is 0 Å². The molecular weight excluding hydrogens is 166 g/mol.